The van der Waals surface area contributed by atoms with Crippen molar-refractivity contribution in [3.63, 3.8) is 0 Å². The first-order valence-corrected chi connectivity index (χ1v) is 9.25. The molecule has 1 N–H and O–H groups in total. The van der Waals surface area contributed by atoms with Gasteiger partial charge in [0.1, 0.15) is 22.7 Å². The van der Waals surface area contributed by atoms with Gasteiger partial charge in [-0.1, -0.05) is 23.9 Å². The zero-order valence-electron chi connectivity index (χ0n) is 13.9. The molecule has 1 fully saturated rings. The highest BCUT2D eigenvalue weighted by atomic mass is 32.2. The predicted molar refractivity (Wildman–Crippen MR) is 97.6 cm³/mol. The highest BCUT2D eigenvalue weighted by Gasteiger charge is 2.23. The summed E-state index contributed by atoms with van der Waals surface area (Å²) in [5, 5.41) is 0.714. The molecule has 0 aliphatic carbocycles. The van der Waals surface area contributed by atoms with E-state index < -0.39 is 0 Å². The number of para-hydroxylation sites is 1. The van der Waals surface area contributed by atoms with E-state index in [-0.39, 0.29) is 11.7 Å². The number of hydrogen-bond acceptors (Lipinski definition) is 6. The molecule has 1 aliphatic rings. The number of piperazine rings is 1. The Bertz CT molecular complexity index is 924. The van der Waals surface area contributed by atoms with Gasteiger partial charge in [-0.15, -0.1) is 0 Å². The molecule has 0 unspecified atom stereocenters. The minimum absolute atomic E-state index is 0.0504. The second-order valence-corrected chi connectivity index (χ2v) is 6.85. The minimum atomic E-state index is -0.227. The van der Waals surface area contributed by atoms with Crippen LogP contribution in [0.25, 0.3) is 11.2 Å². The number of carbonyl (C=O) groups is 1. The Morgan fingerprint density at radius 3 is 2.77 bits per heavy atom. The SMILES string of the molecule is O=C(CSc1ncnc2nc[nH]c12)N1CCN(c2ccccc2F)CC1. The van der Waals surface area contributed by atoms with E-state index in [1.807, 2.05) is 15.9 Å². The largest absolute Gasteiger partial charge is 0.366 e. The Hall–Kier alpha value is -2.68. The van der Waals surface area contributed by atoms with Gasteiger partial charge in [-0.3, -0.25) is 4.79 Å². The number of thioether (sulfide) groups is 1. The second kappa shape index (κ2) is 7.28. The molecule has 2 aromatic heterocycles. The number of halogens is 1. The molecule has 4 rings (SSSR count). The molecule has 1 aliphatic heterocycles. The molecule has 0 spiro atoms. The van der Waals surface area contributed by atoms with Gasteiger partial charge in [-0.05, 0) is 12.1 Å². The quantitative estimate of drug-likeness (QED) is 0.557. The lowest BCUT2D eigenvalue weighted by Crippen LogP contribution is -2.49. The molecular weight excluding hydrogens is 355 g/mol. The summed E-state index contributed by atoms with van der Waals surface area (Å²) in [6, 6.07) is 6.74. The van der Waals surface area contributed by atoms with Gasteiger partial charge in [0.05, 0.1) is 17.8 Å². The highest BCUT2D eigenvalue weighted by molar-refractivity contribution is 8.00. The van der Waals surface area contributed by atoms with Crippen LogP contribution in [0.3, 0.4) is 0 Å². The maximum atomic E-state index is 13.9. The second-order valence-electron chi connectivity index (χ2n) is 5.89. The first-order valence-electron chi connectivity index (χ1n) is 8.26. The average molecular weight is 372 g/mol. The lowest BCUT2D eigenvalue weighted by molar-refractivity contribution is -0.128. The molecule has 0 bridgehead atoms. The fourth-order valence-corrected chi connectivity index (χ4v) is 3.84. The van der Waals surface area contributed by atoms with Crippen LogP contribution in [-0.4, -0.2) is 62.7 Å². The molecular formula is C17H17FN6OS. The molecule has 1 saturated heterocycles. The van der Waals surface area contributed by atoms with Crippen LogP contribution in [0.2, 0.25) is 0 Å². The molecule has 3 aromatic rings. The van der Waals surface area contributed by atoms with Gasteiger partial charge in [0.25, 0.3) is 0 Å². The molecule has 1 amide bonds. The number of nitrogens with one attached hydrogen (secondary N) is 1. The minimum Gasteiger partial charge on any atom is -0.366 e. The van der Waals surface area contributed by atoms with Crippen LogP contribution in [0.1, 0.15) is 0 Å². The molecule has 134 valence electrons. The number of aromatic amines is 1. The van der Waals surface area contributed by atoms with E-state index >= 15 is 0 Å². The van der Waals surface area contributed by atoms with Crippen LogP contribution in [-0.2, 0) is 4.79 Å². The van der Waals surface area contributed by atoms with E-state index in [0.717, 1.165) is 5.52 Å². The van der Waals surface area contributed by atoms with Gasteiger partial charge in [-0.2, -0.15) is 0 Å². The van der Waals surface area contributed by atoms with Crippen molar-refractivity contribution in [3.8, 4) is 0 Å². The van der Waals surface area contributed by atoms with Crippen LogP contribution in [0.4, 0.5) is 10.1 Å². The number of carbonyl (C=O) groups excluding carboxylic acids is 1. The van der Waals surface area contributed by atoms with Gasteiger partial charge in [0.2, 0.25) is 5.91 Å². The zero-order valence-corrected chi connectivity index (χ0v) is 14.7. The topological polar surface area (TPSA) is 78.0 Å². The molecule has 3 heterocycles. The van der Waals surface area contributed by atoms with Crippen molar-refractivity contribution in [1.29, 1.82) is 0 Å². The third kappa shape index (κ3) is 3.34. The number of nitrogens with zero attached hydrogens (tertiary/aromatic N) is 5. The maximum absolute atomic E-state index is 13.9. The van der Waals surface area contributed by atoms with Crippen molar-refractivity contribution in [2.45, 2.75) is 5.03 Å². The van der Waals surface area contributed by atoms with Crippen molar-refractivity contribution < 1.29 is 9.18 Å². The summed E-state index contributed by atoms with van der Waals surface area (Å²) in [4.78, 5) is 31.7. The Morgan fingerprint density at radius 1 is 1.15 bits per heavy atom. The number of anilines is 1. The molecule has 0 saturated carbocycles. The Kier molecular flexibility index (Phi) is 4.70. The van der Waals surface area contributed by atoms with Gasteiger partial charge in [0.15, 0.2) is 5.65 Å². The first kappa shape index (κ1) is 16.8. The number of fused-ring (bicyclic) bond motifs is 1. The number of H-pyrrole nitrogens is 1. The number of hydrogen-bond donors (Lipinski definition) is 1. The van der Waals surface area contributed by atoms with Gasteiger partial charge >= 0.3 is 0 Å². The molecule has 26 heavy (non-hydrogen) atoms. The number of rotatable bonds is 4. The van der Waals surface area contributed by atoms with E-state index in [9.17, 15) is 9.18 Å². The number of imidazole rings is 1. The first-order chi connectivity index (χ1) is 12.7. The van der Waals surface area contributed by atoms with Crippen molar-refractivity contribution in [2.75, 3.05) is 36.8 Å². The molecule has 1 aromatic carbocycles. The summed E-state index contributed by atoms with van der Waals surface area (Å²) >= 11 is 1.37. The van der Waals surface area contributed by atoms with E-state index in [1.54, 1.807) is 18.5 Å². The summed E-state index contributed by atoms with van der Waals surface area (Å²) in [6.45, 7) is 2.40. The van der Waals surface area contributed by atoms with Gasteiger partial charge < -0.3 is 14.8 Å². The Labute approximate surface area is 153 Å². The fraction of sp³-hybridized carbons (Fsp3) is 0.294. The summed E-state index contributed by atoms with van der Waals surface area (Å²) in [5.74, 6) is 0.120. The highest BCUT2D eigenvalue weighted by Crippen LogP contribution is 2.23. The average Bonchev–Trinajstić information content (AvgIpc) is 3.16. The monoisotopic (exact) mass is 372 g/mol. The number of aromatic nitrogens is 4. The van der Waals surface area contributed by atoms with Crippen molar-refractivity contribution in [2.24, 2.45) is 0 Å². The van der Waals surface area contributed by atoms with E-state index in [2.05, 4.69) is 19.9 Å². The Morgan fingerprint density at radius 2 is 1.96 bits per heavy atom. The van der Waals surface area contributed by atoms with Crippen molar-refractivity contribution in [3.05, 3.63) is 42.7 Å². The summed E-state index contributed by atoms with van der Waals surface area (Å²) < 4.78 is 13.9. The smallest absolute Gasteiger partial charge is 0.233 e. The third-order valence-corrected chi connectivity index (χ3v) is 5.32. The van der Waals surface area contributed by atoms with Crippen LogP contribution >= 0.6 is 11.8 Å². The molecule has 0 radical (unpaired) electrons. The molecule has 0 atom stereocenters. The van der Waals surface area contributed by atoms with Crippen LogP contribution < -0.4 is 4.90 Å². The standard InChI is InChI=1S/C17H17FN6OS/c18-12-3-1-2-4-13(12)23-5-7-24(8-6-23)14(25)9-26-17-15-16(20-10-19-15)21-11-22-17/h1-4,10-11H,5-9H2,(H,19,20,21,22). The summed E-state index contributed by atoms with van der Waals surface area (Å²) in [6.07, 6.45) is 3.01. The number of benzene rings is 1. The van der Waals surface area contributed by atoms with Crippen LogP contribution in [0, 0.1) is 5.82 Å². The van der Waals surface area contributed by atoms with Crippen molar-refractivity contribution >= 4 is 34.5 Å². The molecule has 9 heteroatoms. The van der Waals surface area contributed by atoms with E-state index in [1.165, 1.54) is 24.2 Å². The van der Waals surface area contributed by atoms with E-state index in [0.29, 0.717) is 48.3 Å². The normalized spacial score (nSPS) is 14.8. The fourth-order valence-electron chi connectivity index (χ4n) is 2.98. The summed E-state index contributed by atoms with van der Waals surface area (Å²) in [5.41, 5.74) is 1.93. The van der Waals surface area contributed by atoms with Gasteiger partial charge in [0, 0.05) is 26.2 Å². The predicted octanol–water partition coefficient (Wildman–Crippen LogP) is 1.93. The van der Waals surface area contributed by atoms with Crippen molar-refractivity contribution in [1.82, 2.24) is 24.8 Å². The Balaban J connectivity index is 1.34. The van der Waals surface area contributed by atoms with Crippen LogP contribution in [0.15, 0.2) is 41.9 Å². The third-order valence-electron chi connectivity index (χ3n) is 4.35. The summed E-state index contributed by atoms with van der Waals surface area (Å²) in [7, 11) is 0. The molecule has 7 nitrogen and oxygen atoms in total. The lowest BCUT2D eigenvalue weighted by Gasteiger charge is -2.36. The number of amides is 1. The zero-order chi connectivity index (χ0) is 17.9. The van der Waals surface area contributed by atoms with Gasteiger partial charge in [-0.25, -0.2) is 19.3 Å². The lowest BCUT2D eigenvalue weighted by atomic mass is 10.2. The van der Waals surface area contributed by atoms with E-state index in [4.69, 9.17) is 0 Å². The van der Waals surface area contributed by atoms with Crippen LogP contribution in [0.5, 0.6) is 0 Å². The maximum Gasteiger partial charge on any atom is 0.233 e.